The van der Waals surface area contributed by atoms with Crippen LogP contribution in [-0.4, -0.2) is 39.6 Å². The minimum Gasteiger partial charge on any atom is -0.342 e. The summed E-state index contributed by atoms with van der Waals surface area (Å²) in [6, 6.07) is 0. The summed E-state index contributed by atoms with van der Waals surface area (Å²) in [6.45, 7) is 4.09. The van der Waals surface area contributed by atoms with Gasteiger partial charge in [-0.1, -0.05) is 18.7 Å². The SMILES string of the molecule is CC1CCN(C(=O)CSc2ncnc3sc4c(c23)CCC4)CC1. The van der Waals surface area contributed by atoms with Crippen molar-refractivity contribution in [2.45, 2.75) is 44.1 Å². The quantitative estimate of drug-likeness (QED) is 0.629. The van der Waals surface area contributed by atoms with Crippen LogP contribution in [0.15, 0.2) is 11.4 Å². The molecule has 0 spiro atoms. The Morgan fingerprint density at radius 1 is 1.35 bits per heavy atom. The molecule has 3 heterocycles. The molecule has 2 aromatic rings. The summed E-state index contributed by atoms with van der Waals surface area (Å²) in [4.78, 5) is 25.9. The topological polar surface area (TPSA) is 46.1 Å². The van der Waals surface area contributed by atoms with Gasteiger partial charge in [-0.2, -0.15) is 0 Å². The van der Waals surface area contributed by atoms with E-state index in [9.17, 15) is 4.79 Å². The zero-order valence-electron chi connectivity index (χ0n) is 13.4. The van der Waals surface area contributed by atoms with E-state index in [4.69, 9.17) is 0 Å². The number of rotatable bonds is 3. The Kier molecular flexibility index (Phi) is 4.28. The Morgan fingerprint density at radius 3 is 3.00 bits per heavy atom. The smallest absolute Gasteiger partial charge is 0.232 e. The molecule has 23 heavy (non-hydrogen) atoms. The third kappa shape index (κ3) is 2.98. The van der Waals surface area contributed by atoms with Crippen molar-refractivity contribution >= 4 is 39.2 Å². The number of thiophene rings is 1. The molecule has 2 aromatic heterocycles. The van der Waals surface area contributed by atoms with Gasteiger partial charge in [0, 0.05) is 23.4 Å². The Bertz CT molecular complexity index is 735. The van der Waals surface area contributed by atoms with Gasteiger partial charge in [0.2, 0.25) is 5.91 Å². The van der Waals surface area contributed by atoms with E-state index < -0.39 is 0 Å². The molecule has 1 saturated heterocycles. The maximum atomic E-state index is 12.5. The van der Waals surface area contributed by atoms with Gasteiger partial charge in [-0.25, -0.2) is 9.97 Å². The van der Waals surface area contributed by atoms with Crippen molar-refractivity contribution in [2.75, 3.05) is 18.8 Å². The maximum absolute atomic E-state index is 12.5. The lowest BCUT2D eigenvalue weighted by Gasteiger charge is -2.30. The van der Waals surface area contributed by atoms with Crippen LogP contribution < -0.4 is 0 Å². The first kappa shape index (κ1) is 15.4. The second kappa shape index (κ2) is 6.40. The van der Waals surface area contributed by atoms with Gasteiger partial charge in [-0.3, -0.25) is 4.79 Å². The van der Waals surface area contributed by atoms with Gasteiger partial charge in [0.05, 0.1) is 5.75 Å². The molecule has 0 unspecified atom stereocenters. The van der Waals surface area contributed by atoms with Crippen LogP contribution >= 0.6 is 23.1 Å². The number of amides is 1. The molecule has 6 heteroatoms. The minimum absolute atomic E-state index is 0.250. The standard InChI is InChI=1S/C17H21N3OS2/c1-11-5-7-20(8-6-11)14(21)9-22-16-15-12-3-2-4-13(12)23-17(15)19-10-18-16/h10-11H,2-9H2,1H3. The first-order valence-corrected chi connectivity index (χ1v) is 10.2. The van der Waals surface area contributed by atoms with E-state index in [0.717, 1.165) is 48.1 Å². The summed E-state index contributed by atoms with van der Waals surface area (Å²) >= 11 is 3.39. The van der Waals surface area contributed by atoms with Crippen LogP contribution in [0.4, 0.5) is 0 Å². The van der Waals surface area contributed by atoms with Crippen molar-refractivity contribution in [1.82, 2.24) is 14.9 Å². The first-order valence-electron chi connectivity index (χ1n) is 8.38. The lowest BCUT2D eigenvalue weighted by molar-refractivity contribution is -0.129. The molecule has 122 valence electrons. The number of carbonyl (C=O) groups excluding carboxylic acids is 1. The van der Waals surface area contributed by atoms with Crippen LogP contribution in [0.3, 0.4) is 0 Å². The molecule has 0 radical (unpaired) electrons. The van der Waals surface area contributed by atoms with Gasteiger partial charge in [-0.15, -0.1) is 11.3 Å². The molecular formula is C17H21N3OS2. The van der Waals surface area contributed by atoms with Gasteiger partial charge in [0.15, 0.2) is 0 Å². The molecule has 0 saturated carbocycles. The van der Waals surface area contributed by atoms with E-state index in [1.165, 1.54) is 28.7 Å². The highest BCUT2D eigenvalue weighted by molar-refractivity contribution is 8.00. The number of piperidine rings is 1. The average molecular weight is 348 g/mol. The number of thioether (sulfide) groups is 1. The Balaban J connectivity index is 1.49. The van der Waals surface area contributed by atoms with Crippen LogP contribution in [0.1, 0.15) is 36.6 Å². The number of nitrogens with zero attached hydrogens (tertiary/aromatic N) is 3. The zero-order chi connectivity index (χ0) is 15.8. The fourth-order valence-corrected chi connectivity index (χ4v) is 5.71. The number of carbonyl (C=O) groups is 1. The molecule has 1 aliphatic carbocycles. The van der Waals surface area contributed by atoms with Crippen LogP contribution in [0, 0.1) is 5.92 Å². The molecule has 0 atom stereocenters. The van der Waals surface area contributed by atoms with Crippen LogP contribution in [0.2, 0.25) is 0 Å². The Labute approximate surface area is 144 Å². The fraction of sp³-hybridized carbons (Fsp3) is 0.588. The molecule has 2 aliphatic rings. The number of hydrogen-bond acceptors (Lipinski definition) is 5. The second-order valence-corrected chi connectivity index (χ2v) is 8.62. The Hall–Kier alpha value is -1.14. The molecule has 1 fully saturated rings. The van der Waals surface area contributed by atoms with Crippen molar-refractivity contribution in [2.24, 2.45) is 5.92 Å². The molecule has 0 bridgehead atoms. The van der Waals surface area contributed by atoms with E-state index in [1.807, 2.05) is 4.90 Å². The van der Waals surface area contributed by atoms with Gasteiger partial charge < -0.3 is 4.90 Å². The van der Waals surface area contributed by atoms with Gasteiger partial charge >= 0.3 is 0 Å². The summed E-state index contributed by atoms with van der Waals surface area (Å²) < 4.78 is 0. The lowest BCUT2D eigenvalue weighted by Crippen LogP contribution is -2.38. The summed E-state index contributed by atoms with van der Waals surface area (Å²) in [5, 5.41) is 2.21. The van der Waals surface area contributed by atoms with E-state index in [-0.39, 0.29) is 5.91 Å². The monoisotopic (exact) mass is 347 g/mol. The highest BCUT2D eigenvalue weighted by atomic mass is 32.2. The van der Waals surface area contributed by atoms with Crippen molar-refractivity contribution in [1.29, 1.82) is 0 Å². The third-order valence-corrected chi connectivity index (χ3v) is 7.11. The van der Waals surface area contributed by atoms with E-state index in [0.29, 0.717) is 5.75 Å². The van der Waals surface area contributed by atoms with Crippen LogP contribution in [0.5, 0.6) is 0 Å². The first-order chi connectivity index (χ1) is 11.2. The van der Waals surface area contributed by atoms with Gasteiger partial charge in [-0.05, 0) is 43.6 Å². The number of fused-ring (bicyclic) bond motifs is 3. The highest BCUT2D eigenvalue weighted by Crippen LogP contribution is 2.40. The van der Waals surface area contributed by atoms with E-state index in [2.05, 4.69) is 16.9 Å². The fourth-order valence-electron chi connectivity index (χ4n) is 3.49. The highest BCUT2D eigenvalue weighted by Gasteiger charge is 2.23. The molecule has 1 amide bonds. The van der Waals surface area contributed by atoms with Gasteiger partial charge in [0.25, 0.3) is 0 Å². The Morgan fingerprint density at radius 2 is 2.17 bits per heavy atom. The number of hydrogen-bond donors (Lipinski definition) is 0. The molecule has 1 aliphatic heterocycles. The predicted octanol–water partition coefficient (Wildman–Crippen LogP) is 3.53. The average Bonchev–Trinajstić information content (AvgIpc) is 3.14. The molecule has 4 rings (SSSR count). The summed E-state index contributed by atoms with van der Waals surface area (Å²) in [7, 11) is 0. The van der Waals surface area contributed by atoms with Gasteiger partial charge in [0.1, 0.15) is 16.2 Å². The zero-order valence-corrected chi connectivity index (χ0v) is 15.0. The van der Waals surface area contributed by atoms with Crippen LogP contribution in [0.25, 0.3) is 10.2 Å². The lowest BCUT2D eigenvalue weighted by atomic mass is 9.99. The van der Waals surface area contributed by atoms with E-state index in [1.54, 1.807) is 29.4 Å². The molecule has 0 N–H and O–H groups in total. The summed E-state index contributed by atoms with van der Waals surface area (Å²) in [6.07, 6.45) is 7.45. The van der Waals surface area contributed by atoms with Crippen molar-refractivity contribution in [3.8, 4) is 0 Å². The van der Waals surface area contributed by atoms with E-state index >= 15 is 0 Å². The molecule has 4 nitrogen and oxygen atoms in total. The third-order valence-electron chi connectivity index (χ3n) is 4.94. The minimum atomic E-state index is 0.250. The molecule has 0 aromatic carbocycles. The largest absolute Gasteiger partial charge is 0.342 e. The van der Waals surface area contributed by atoms with Crippen molar-refractivity contribution < 1.29 is 4.79 Å². The number of likely N-dealkylation sites (tertiary alicyclic amines) is 1. The number of aromatic nitrogens is 2. The van der Waals surface area contributed by atoms with Crippen LogP contribution in [-0.2, 0) is 17.6 Å². The maximum Gasteiger partial charge on any atom is 0.232 e. The van der Waals surface area contributed by atoms with Crippen molar-refractivity contribution in [3.05, 3.63) is 16.8 Å². The second-order valence-electron chi connectivity index (χ2n) is 6.57. The normalized spacial score (nSPS) is 18.6. The van der Waals surface area contributed by atoms with Crippen molar-refractivity contribution in [3.63, 3.8) is 0 Å². The predicted molar refractivity (Wildman–Crippen MR) is 95.1 cm³/mol. The molecular weight excluding hydrogens is 326 g/mol. The number of aryl methyl sites for hydroxylation is 2. The summed E-state index contributed by atoms with van der Waals surface area (Å²) in [5.74, 6) is 1.49. The summed E-state index contributed by atoms with van der Waals surface area (Å²) in [5.41, 5.74) is 1.44.